The van der Waals surface area contributed by atoms with Gasteiger partial charge in [0.1, 0.15) is 0 Å². The zero-order chi connectivity index (χ0) is 20.4. The van der Waals surface area contributed by atoms with E-state index in [0.717, 1.165) is 4.22 Å². The number of hydrogen-bond acceptors (Lipinski definition) is 0. The zero-order valence-electron chi connectivity index (χ0n) is 18.9. The van der Waals surface area contributed by atoms with E-state index in [0.29, 0.717) is 4.22 Å². The van der Waals surface area contributed by atoms with Gasteiger partial charge < -0.3 is 24.8 Å². The summed E-state index contributed by atoms with van der Waals surface area (Å²) in [6, 6.07) is 18.5. The van der Waals surface area contributed by atoms with Gasteiger partial charge in [0.05, 0.1) is 0 Å². The van der Waals surface area contributed by atoms with Crippen molar-refractivity contribution >= 4 is 28.0 Å². The van der Waals surface area contributed by atoms with E-state index in [2.05, 4.69) is 87.9 Å². The van der Waals surface area contributed by atoms with Crippen LogP contribution in [0.5, 0.6) is 0 Å². The topological polar surface area (TPSA) is 0 Å². The number of hydrogen-bond donors (Lipinski definition) is 0. The quantitative estimate of drug-likeness (QED) is 0.367. The monoisotopic (exact) mass is 524 g/mol. The first-order chi connectivity index (χ1) is 14.1. The molecule has 0 nitrogen and oxygen atoms in total. The van der Waals surface area contributed by atoms with Crippen molar-refractivity contribution in [3.05, 3.63) is 81.4 Å². The molecule has 2 aromatic carbocycles. The molecule has 2 unspecified atom stereocenters. The predicted molar refractivity (Wildman–Crippen MR) is 130 cm³/mol. The number of allylic oxidation sites excluding steroid dienone is 2. The summed E-state index contributed by atoms with van der Waals surface area (Å²) in [5.41, 5.74) is 6.27. The minimum atomic E-state index is -0.210. The van der Waals surface area contributed by atoms with Gasteiger partial charge in [-0.15, -0.1) is 0 Å². The normalized spacial score (nSPS) is 18.5. The first-order valence-electron chi connectivity index (χ1n) is 10.9. The Balaban J connectivity index is 0.00000171. The van der Waals surface area contributed by atoms with E-state index in [1.165, 1.54) is 36.3 Å². The van der Waals surface area contributed by atoms with Crippen molar-refractivity contribution < 1.29 is 44.0 Å². The Morgan fingerprint density at radius 3 is 1.65 bits per heavy atom. The zero-order valence-corrected chi connectivity index (χ0v) is 23.8. The van der Waals surface area contributed by atoms with Gasteiger partial charge in [0.15, 0.2) is 0 Å². The minimum absolute atomic E-state index is 0. The molecule has 5 heteroatoms. The van der Waals surface area contributed by atoms with Gasteiger partial charge in [0.25, 0.3) is 0 Å². The van der Waals surface area contributed by atoms with Crippen LogP contribution < -0.4 is 24.8 Å². The summed E-state index contributed by atoms with van der Waals surface area (Å²) in [5.74, 6) is 0. The third kappa shape index (κ3) is 5.77. The van der Waals surface area contributed by atoms with Crippen molar-refractivity contribution in [2.75, 3.05) is 25.7 Å². The van der Waals surface area contributed by atoms with Crippen LogP contribution in [0.25, 0.3) is 12.2 Å². The molecule has 0 radical (unpaired) electrons. The Kier molecular flexibility index (Phi) is 11.0. The molecule has 2 aliphatic rings. The van der Waals surface area contributed by atoms with Crippen LogP contribution in [0.3, 0.4) is 0 Å². The van der Waals surface area contributed by atoms with Gasteiger partial charge in [-0.25, -0.2) is 0 Å². The van der Waals surface area contributed by atoms with Crippen LogP contribution in [-0.4, -0.2) is 25.7 Å². The average Bonchev–Trinajstić information content (AvgIpc) is 3.27. The standard InChI is InChI=1S/C15H20P.C11H12P.2ClH.Ti/c1-3-9-16(10-4-2)15-11-13-7-5-6-8-14(13)12-15;1-12(2)11-7-9-5-3-4-6-10(9)8-11;;;/h5-8,11-12H,3-4,9-10H2,1-2H3;3-8H,1-2H3;2*1H;/q;;;;+2/p-2. The second kappa shape index (κ2) is 12.5. The Bertz CT molecular complexity index is 933. The van der Waals surface area contributed by atoms with Crippen LogP contribution in [0.15, 0.2) is 59.2 Å². The van der Waals surface area contributed by atoms with Crippen molar-refractivity contribution in [1.82, 2.24) is 0 Å². The summed E-state index contributed by atoms with van der Waals surface area (Å²) < 4.78 is 1.44. The van der Waals surface area contributed by atoms with E-state index in [4.69, 9.17) is 0 Å². The van der Waals surface area contributed by atoms with Gasteiger partial charge in [-0.2, -0.15) is 0 Å². The maximum absolute atomic E-state index is 2.62. The van der Waals surface area contributed by atoms with Gasteiger partial charge in [-0.1, -0.05) is 0 Å². The molecule has 0 heterocycles. The maximum Gasteiger partial charge on any atom is -1.00 e. The largest absolute Gasteiger partial charge is 1.00 e. The first-order valence-corrected chi connectivity index (χ1v) is 16.7. The number of benzene rings is 2. The molecular formula is C26H32Cl2P2Ti. The van der Waals surface area contributed by atoms with Crippen LogP contribution in [-0.2, 0) is 19.2 Å². The van der Waals surface area contributed by atoms with Crippen LogP contribution in [0, 0.1) is 0 Å². The molecule has 2 atom stereocenters. The van der Waals surface area contributed by atoms with Crippen LogP contribution >= 0.6 is 15.8 Å². The van der Waals surface area contributed by atoms with E-state index in [1.54, 1.807) is 16.4 Å². The van der Waals surface area contributed by atoms with Crippen molar-refractivity contribution in [2.24, 2.45) is 0 Å². The fourth-order valence-electron chi connectivity index (χ4n) is 4.70. The molecule has 0 fully saturated rings. The summed E-state index contributed by atoms with van der Waals surface area (Å²) in [6.07, 6.45) is 10.6. The van der Waals surface area contributed by atoms with Crippen molar-refractivity contribution in [1.29, 1.82) is 0 Å². The van der Waals surface area contributed by atoms with Crippen molar-refractivity contribution in [2.45, 2.75) is 35.1 Å². The molecule has 2 aliphatic carbocycles. The Morgan fingerprint density at radius 2 is 1.16 bits per heavy atom. The van der Waals surface area contributed by atoms with Gasteiger partial charge in [0, 0.05) is 0 Å². The smallest absolute Gasteiger partial charge is 1.00 e. The number of halogens is 2. The third-order valence-electron chi connectivity index (χ3n) is 6.01. The SMILES string of the molecule is CCCP(CCC)C1=Cc2ccccc2[CH]1[Ti+2][CH]1C(P(C)C)=Cc2ccccc21.[Cl-].[Cl-]. The number of fused-ring (bicyclic) bond motifs is 2. The molecular weight excluding hydrogens is 493 g/mol. The molecule has 164 valence electrons. The van der Waals surface area contributed by atoms with Crippen LogP contribution in [0.1, 0.15) is 57.4 Å². The third-order valence-corrected chi connectivity index (χ3v) is 14.3. The fraction of sp³-hybridized carbons (Fsp3) is 0.385. The molecule has 0 N–H and O–H groups in total. The fourth-order valence-corrected chi connectivity index (χ4v) is 13.8. The summed E-state index contributed by atoms with van der Waals surface area (Å²) in [6.45, 7) is 9.64. The van der Waals surface area contributed by atoms with E-state index < -0.39 is 0 Å². The molecule has 31 heavy (non-hydrogen) atoms. The molecule has 0 saturated carbocycles. The van der Waals surface area contributed by atoms with Gasteiger partial charge in [-0.05, 0) is 0 Å². The summed E-state index contributed by atoms with van der Waals surface area (Å²) in [5, 5.41) is 3.59. The summed E-state index contributed by atoms with van der Waals surface area (Å²) in [4.78, 5) is 0. The first kappa shape index (κ1) is 27.3. The second-order valence-electron chi connectivity index (χ2n) is 8.31. The molecule has 0 saturated heterocycles. The van der Waals surface area contributed by atoms with Crippen molar-refractivity contribution in [3.63, 3.8) is 0 Å². The van der Waals surface area contributed by atoms with E-state index >= 15 is 0 Å². The minimum Gasteiger partial charge on any atom is -1.00 e. The van der Waals surface area contributed by atoms with Crippen molar-refractivity contribution in [3.8, 4) is 0 Å². The van der Waals surface area contributed by atoms with E-state index in [9.17, 15) is 0 Å². The molecule has 0 aliphatic heterocycles. The van der Waals surface area contributed by atoms with Crippen LogP contribution in [0.4, 0.5) is 0 Å². The van der Waals surface area contributed by atoms with E-state index in [-0.39, 0.29) is 59.8 Å². The van der Waals surface area contributed by atoms with Gasteiger partial charge >= 0.3 is 189 Å². The van der Waals surface area contributed by atoms with Gasteiger partial charge in [-0.3, -0.25) is 0 Å². The maximum atomic E-state index is 2.62. The molecule has 4 rings (SSSR count). The van der Waals surface area contributed by atoms with Gasteiger partial charge in [0.2, 0.25) is 0 Å². The van der Waals surface area contributed by atoms with Crippen LogP contribution in [0.2, 0.25) is 0 Å². The summed E-state index contributed by atoms with van der Waals surface area (Å²) >= 11 is -0.210. The Hall–Kier alpha value is 0.0743. The molecule has 0 bridgehead atoms. The Labute approximate surface area is 213 Å². The van der Waals surface area contributed by atoms with E-state index in [1.807, 2.05) is 5.31 Å². The summed E-state index contributed by atoms with van der Waals surface area (Å²) in [7, 11) is -0.0261. The molecule has 0 amide bonds. The molecule has 0 spiro atoms. The molecule has 0 aromatic heterocycles. The molecule has 2 aromatic rings. The predicted octanol–water partition coefficient (Wildman–Crippen LogP) is 2.31. The Morgan fingerprint density at radius 1 is 0.710 bits per heavy atom. The second-order valence-corrected chi connectivity index (χ2v) is 15.4. The average molecular weight is 525 g/mol. The number of rotatable bonds is 8.